The van der Waals surface area contributed by atoms with E-state index in [4.69, 9.17) is 10.8 Å². The first-order valence-electron chi connectivity index (χ1n) is 4.70. The van der Waals surface area contributed by atoms with Crippen molar-refractivity contribution in [2.24, 2.45) is 5.73 Å². The number of pyridine rings is 1. The summed E-state index contributed by atoms with van der Waals surface area (Å²) in [7, 11) is 1.95. The molecule has 0 fully saturated rings. The van der Waals surface area contributed by atoms with Crippen LogP contribution in [-0.2, 0) is 0 Å². The Hall–Kier alpha value is -0.970. The Labute approximate surface area is 84.4 Å². The highest BCUT2D eigenvalue weighted by molar-refractivity contribution is 5.15. The Kier molecular flexibility index (Phi) is 4.52. The van der Waals surface area contributed by atoms with Gasteiger partial charge in [0.15, 0.2) is 0 Å². The lowest BCUT2D eigenvalue weighted by Crippen LogP contribution is -2.32. The molecule has 0 saturated heterocycles. The quantitative estimate of drug-likeness (QED) is 0.694. The molecule has 78 valence electrons. The van der Waals surface area contributed by atoms with E-state index in [-0.39, 0.29) is 12.6 Å². The summed E-state index contributed by atoms with van der Waals surface area (Å²) in [4.78, 5) is 6.00. The number of hydrogen-bond acceptors (Lipinski definition) is 4. The predicted molar refractivity (Wildman–Crippen MR) is 55.7 cm³/mol. The van der Waals surface area contributed by atoms with Crippen LogP contribution < -0.4 is 5.73 Å². The van der Waals surface area contributed by atoms with Crippen LogP contribution in [0.2, 0.25) is 0 Å². The standard InChI is InChI=1S/C10H17N3O/c1-13(6-7-14)10(8-11)9-2-4-12-5-3-9/h2-5,10,14H,6-8,11H2,1H3. The van der Waals surface area contributed by atoms with Gasteiger partial charge in [0, 0.05) is 31.5 Å². The van der Waals surface area contributed by atoms with E-state index < -0.39 is 0 Å². The fraction of sp³-hybridized carbons (Fsp3) is 0.500. The average molecular weight is 195 g/mol. The third-order valence-electron chi connectivity index (χ3n) is 2.30. The van der Waals surface area contributed by atoms with Gasteiger partial charge in [-0.1, -0.05) is 0 Å². The summed E-state index contributed by atoms with van der Waals surface area (Å²) in [5.41, 5.74) is 6.83. The van der Waals surface area contributed by atoms with Gasteiger partial charge in [-0.25, -0.2) is 0 Å². The van der Waals surface area contributed by atoms with E-state index >= 15 is 0 Å². The zero-order valence-electron chi connectivity index (χ0n) is 8.43. The number of hydrogen-bond donors (Lipinski definition) is 2. The summed E-state index contributed by atoms with van der Waals surface area (Å²) in [6.45, 7) is 1.32. The lowest BCUT2D eigenvalue weighted by Gasteiger charge is -2.26. The third kappa shape index (κ3) is 2.77. The molecule has 1 aromatic heterocycles. The summed E-state index contributed by atoms with van der Waals surface area (Å²) >= 11 is 0. The lowest BCUT2D eigenvalue weighted by molar-refractivity contribution is 0.183. The number of rotatable bonds is 5. The SMILES string of the molecule is CN(CCO)C(CN)c1ccncc1. The fourth-order valence-electron chi connectivity index (χ4n) is 1.47. The highest BCUT2D eigenvalue weighted by atomic mass is 16.3. The second-order valence-electron chi connectivity index (χ2n) is 3.24. The average Bonchev–Trinajstić information content (AvgIpc) is 2.21. The number of aliphatic hydroxyl groups excluding tert-OH is 1. The summed E-state index contributed by atoms with van der Waals surface area (Å²) in [5.74, 6) is 0. The van der Waals surface area contributed by atoms with Gasteiger partial charge < -0.3 is 10.8 Å². The Balaban J connectivity index is 2.71. The first-order chi connectivity index (χ1) is 6.79. The van der Waals surface area contributed by atoms with Gasteiger partial charge in [-0.3, -0.25) is 9.88 Å². The number of nitrogens with zero attached hydrogens (tertiary/aromatic N) is 2. The zero-order valence-corrected chi connectivity index (χ0v) is 8.43. The molecule has 1 aromatic rings. The fourth-order valence-corrected chi connectivity index (χ4v) is 1.47. The van der Waals surface area contributed by atoms with E-state index in [0.29, 0.717) is 13.1 Å². The molecule has 0 spiro atoms. The maximum absolute atomic E-state index is 8.83. The van der Waals surface area contributed by atoms with Gasteiger partial charge in [-0.2, -0.15) is 0 Å². The van der Waals surface area contributed by atoms with Crippen molar-refractivity contribution in [1.29, 1.82) is 0 Å². The third-order valence-corrected chi connectivity index (χ3v) is 2.30. The minimum absolute atomic E-state index is 0.151. The van der Waals surface area contributed by atoms with E-state index in [2.05, 4.69) is 4.98 Å². The van der Waals surface area contributed by atoms with Crippen LogP contribution in [0.15, 0.2) is 24.5 Å². The van der Waals surface area contributed by atoms with Gasteiger partial charge in [0.05, 0.1) is 6.61 Å². The van der Waals surface area contributed by atoms with Crippen LogP contribution in [-0.4, -0.2) is 41.7 Å². The van der Waals surface area contributed by atoms with Gasteiger partial charge in [0.2, 0.25) is 0 Å². The molecule has 0 saturated carbocycles. The van der Waals surface area contributed by atoms with E-state index in [0.717, 1.165) is 5.56 Å². The summed E-state index contributed by atoms with van der Waals surface area (Å²) in [5, 5.41) is 8.83. The monoisotopic (exact) mass is 195 g/mol. The summed E-state index contributed by atoms with van der Waals surface area (Å²) in [6, 6.07) is 4.06. The van der Waals surface area contributed by atoms with Gasteiger partial charge in [0.25, 0.3) is 0 Å². The number of aliphatic hydroxyl groups is 1. The first-order valence-corrected chi connectivity index (χ1v) is 4.70. The Morgan fingerprint density at radius 2 is 2.14 bits per heavy atom. The van der Waals surface area contributed by atoms with Crippen LogP contribution in [0, 0.1) is 0 Å². The largest absolute Gasteiger partial charge is 0.395 e. The molecule has 4 heteroatoms. The van der Waals surface area contributed by atoms with Crippen LogP contribution in [0.5, 0.6) is 0 Å². The molecule has 1 atom stereocenters. The number of aromatic nitrogens is 1. The number of nitrogens with two attached hydrogens (primary N) is 1. The van der Waals surface area contributed by atoms with Crippen LogP contribution >= 0.6 is 0 Å². The van der Waals surface area contributed by atoms with Crippen LogP contribution in [0.3, 0.4) is 0 Å². The minimum Gasteiger partial charge on any atom is -0.395 e. The summed E-state index contributed by atoms with van der Waals surface area (Å²) in [6.07, 6.45) is 3.51. The normalized spacial score (nSPS) is 13.1. The maximum Gasteiger partial charge on any atom is 0.0558 e. The molecular formula is C10H17N3O. The first kappa shape index (κ1) is 11.1. The van der Waals surface area contributed by atoms with Crippen LogP contribution in [0.4, 0.5) is 0 Å². The maximum atomic E-state index is 8.83. The van der Waals surface area contributed by atoms with Crippen molar-refractivity contribution in [3.05, 3.63) is 30.1 Å². The summed E-state index contributed by atoms with van der Waals surface area (Å²) < 4.78 is 0. The van der Waals surface area contributed by atoms with Gasteiger partial charge >= 0.3 is 0 Å². The molecule has 0 aliphatic rings. The minimum atomic E-state index is 0.151. The van der Waals surface area contributed by atoms with Crippen molar-refractivity contribution in [1.82, 2.24) is 9.88 Å². The van der Waals surface area contributed by atoms with Gasteiger partial charge in [0.1, 0.15) is 0 Å². The van der Waals surface area contributed by atoms with Crippen molar-refractivity contribution < 1.29 is 5.11 Å². The van der Waals surface area contributed by atoms with E-state index in [1.165, 1.54) is 0 Å². The molecule has 3 N–H and O–H groups in total. The number of likely N-dealkylation sites (N-methyl/N-ethyl adjacent to an activating group) is 1. The molecule has 0 amide bonds. The van der Waals surface area contributed by atoms with Gasteiger partial charge in [-0.15, -0.1) is 0 Å². The van der Waals surface area contributed by atoms with E-state index in [1.54, 1.807) is 12.4 Å². The van der Waals surface area contributed by atoms with Crippen molar-refractivity contribution in [2.75, 3.05) is 26.7 Å². The second kappa shape index (κ2) is 5.70. The van der Waals surface area contributed by atoms with Crippen molar-refractivity contribution >= 4 is 0 Å². The second-order valence-corrected chi connectivity index (χ2v) is 3.24. The van der Waals surface area contributed by atoms with Crippen molar-refractivity contribution in [3.63, 3.8) is 0 Å². The smallest absolute Gasteiger partial charge is 0.0558 e. The molecule has 0 aromatic carbocycles. The molecule has 1 rings (SSSR count). The topological polar surface area (TPSA) is 62.4 Å². The molecule has 0 aliphatic heterocycles. The molecule has 0 aliphatic carbocycles. The molecule has 1 unspecified atom stereocenters. The Morgan fingerprint density at radius 3 is 2.64 bits per heavy atom. The van der Waals surface area contributed by atoms with E-state index in [1.807, 2.05) is 24.1 Å². The highest BCUT2D eigenvalue weighted by Crippen LogP contribution is 2.16. The molecule has 1 heterocycles. The molecule has 0 radical (unpaired) electrons. The highest BCUT2D eigenvalue weighted by Gasteiger charge is 2.13. The Morgan fingerprint density at radius 1 is 1.50 bits per heavy atom. The van der Waals surface area contributed by atoms with Crippen molar-refractivity contribution in [3.8, 4) is 0 Å². The molecular weight excluding hydrogens is 178 g/mol. The van der Waals surface area contributed by atoms with Crippen LogP contribution in [0.25, 0.3) is 0 Å². The van der Waals surface area contributed by atoms with Crippen molar-refractivity contribution in [2.45, 2.75) is 6.04 Å². The van der Waals surface area contributed by atoms with Gasteiger partial charge in [-0.05, 0) is 24.7 Å². The Bertz CT molecular complexity index is 253. The molecule has 0 bridgehead atoms. The van der Waals surface area contributed by atoms with Crippen LogP contribution in [0.1, 0.15) is 11.6 Å². The zero-order chi connectivity index (χ0) is 10.4. The predicted octanol–water partition coefficient (Wildman–Crippen LogP) is 0.00550. The molecule has 4 nitrogen and oxygen atoms in total. The molecule has 14 heavy (non-hydrogen) atoms. The van der Waals surface area contributed by atoms with E-state index in [9.17, 15) is 0 Å². The lowest BCUT2D eigenvalue weighted by atomic mass is 10.1.